The van der Waals surface area contributed by atoms with Crippen molar-refractivity contribution in [1.82, 2.24) is 0 Å². The van der Waals surface area contributed by atoms with E-state index in [0.717, 1.165) is 11.1 Å². The van der Waals surface area contributed by atoms with Crippen LogP contribution in [0.1, 0.15) is 34.3 Å². The first-order valence-corrected chi connectivity index (χ1v) is 22.2. The van der Waals surface area contributed by atoms with Gasteiger partial charge in [0.1, 0.15) is 11.8 Å². The lowest BCUT2D eigenvalue weighted by atomic mass is 9.90. The molecular formula is C53H48N4O12. The smallest absolute Gasteiger partial charge is 0.266 e. The van der Waals surface area contributed by atoms with E-state index in [1.165, 1.54) is 52.5 Å². The maximum atomic E-state index is 14.5. The molecule has 10 rings (SSSR count). The minimum atomic E-state index is -1.09. The molecule has 16 nitrogen and oxygen atoms in total. The van der Waals surface area contributed by atoms with Crippen molar-refractivity contribution in [2.75, 3.05) is 62.6 Å². The molecule has 69 heavy (non-hydrogen) atoms. The van der Waals surface area contributed by atoms with Gasteiger partial charge >= 0.3 is 0 Å². The summed E-state index contributed by atoms with van der Waals surface area (Å²) in [6.45, 7) is 0. The molecule has 4 fully saturated rings. The minimum absolute atomic E-state index is 0.394. The third-order valence-corrected chi connectivity index (χ3v) is 13.1. The Morgan fingerprint density at radius 2 is 0.739 bits per heavy atom. The summed E-state index contributed by atoms with van der Waals surface area (Å²) in [6.07, 6.45) is -1.70. The van der Waals surface area contributed by atoms with Crippen LogP contribution in [0.25, 0.3) is 0 Å². The molecule has 0 N–H and O–H groups in total. The Balaban J connectivity index is 0.874. The fourth-order valence-corrected chi connectivity index (χ4v) is 9.92. The third-order valence-electron chi connectivity index (χ3n) is 13.1. The van der Waals surface area contributed by atoms with Gasteiger partial charge in [-0.2, -0.15) is 0 Å². The van der Waals surface area contributed by atoms with Gasteiger partial charge < -0.3 is 28.4 Å². The van der Waals surface area contributed by atoms with Crippen molar-refractivity contribution in [3.63, 3.8) is 0 Å². The van der Waals surface area contributed by atoms with E-state index in [1.807, 2.05) is 84.9 Å². The molecule has 0 aromatic heterocycles. The number of hydrogen-bond donors (Lipinski definition) is 0. The summed E-state index contributed by atoms with van der Waals surface area (Å²) in [4.78, 5) is 72.5. The predicted molar refractivity (Wildman–Crippen MR) is 253 cm³/mol. The molecule has 4 aliphatic rings. The number of anilines is 4. The molecule has 4 aliphatic heterocycles. The summed E-state index contributed by atoms with van der Waals surface area (Å²) in [5, 5.41) is 3.22. The number of hydroxylamine groups is 2. The van der Waals surface area contributed by atoms with Gasteiger partial charge in [0.15, 0.2) is 35.2 Å². The first-order valence-electron chi connectivity index (χ1n) is 22.2. The SMILES string of the molecule is COc1cc(C2[C@H]3C(=O)N(c4ccc(Cc5ccc(N6C(=O)[C@@H]7ON(c8ccccc8)C(c8cc(OC)c(OC)c(OC)c8)[C@@H]7C6=O)cc5)cc4)C(=O)[C@H]3ON2c2ccccc2)cc(OC)c1OC. The van der Waals surface area contributed by atoms with Gasteiger partial charge in [-0.1, -0.05) is 60.7 Å². The van der Waals surface area contributed by atoms with Gasteiger partial charge in [-0.05, 0) is 101 Å². The molecule has 6 aromatic rings. The summed E-state index contributed by atoms with van der Waals surface area (Å²) in [5.74, 6) is -1.20. The van der Waals surface area contributed by atoms with Crippen molar-refractivity contribution < 1.29 is 57.3 Å². The van der Waals surface area contributed by atoms with Gasteiger partial charge in [-0.15, -0.1) is 0 Å². The summed E-state index contributed by atoms with van der Waals surface area (Å²) in [6, 6.07) is 38.6. The lowest BCUT2D eigenvalue weighted by Gasteiger charge is -2.29. The van der Waals surface area contributed by atoms with E-state index in [4.69, 9.17) is 38.1 Å². The Labute approximate surface area is 397 Å². The van der Waals surface area contributed by atoms with Crippen LogP contribution in [0.3, 0.4) is 0 Å². The van der Waals surface area contributed by atoms with Gasteiger partial charge in [0.25, 0.3) is 11.8 Å². The number of fused-ring (bicyclic) bond motifs is 2. The minimum Gasteiger partial charge on any atom is -0.493 e. The van der Waals surface area contributed by atoms with Crippen molar-refractivity contribution >= 4 is 46.4 Å². The number of ether oxygens (including phenoxy) is 6. The van der Waals surface area contributed by atoms with E-state index < -0.39 is 59.8 Å². The van der Waals surface area contributed by atoms with Crippen LogP contribution in [0.2, 0.25) is 0 Å². The summed E-state index contributed by atoms with van der Waals surface area (Å²) in [5.41, 5.74) is 5.22. The highest BCUT2D eigenvalue weighted by Crippen LogP contribution is 2.52. The molecule has 0 radical (unpaired) electrons. The Morgan fingerprint density at radius 3 is 1.04 bits per heavy atom. The normalized spacial score (nSPS) is 21.7. The molecule has 0 bridgehead atoms. The second-order valence-corrected chi connectivity index (χ2v) is 16.8. The number of hydrogen-bond acceptors (Lipinski definition) is 14. The van der Waals surface area contributed by atoms with Crippen LogP contribution in [0.4, 0.5) is 22.7 Å². The maximum Gasteiger partial charge on any atom is 0.266 e. The number of imide groups is 2. The van der Waals surface area contributed by atoms with Crippen LogP contribution >= 0.6 is 0 Å². The van der Waals surface area contributed by atoms with E-state index in [1.54, 1.807) is 58.7 Å². The molecule has 6 aromatic carbocycles. The number of para-hydroxylation sites is 2. The molecule has 2 unspecified atom stereocenters. The molecule has 352 valence electrons. The van der Waals surface area contributed by atoms with Gasteiger partial charge in [0, 0.05) is 0 Å². The second-order valence-electron chi connectivity index (χ2n) is 16.8. The molecule has 0 saturated carbocycles. The van der Waals surface area contributed by atoms with Crippen molar-refractivity contribution in [3.05, 3.63) is 156 Å². The number of amides is 4. The molecule has 6 atom stereocenters. The zero-order valence-electron chi connectivity index (χ0n) is 38.6. The lowest BCUT2D eigenvalue weighted by Crippen LogP contribution is -2.37. The fourth-order valence-electron chi connectivity index (χ4n) is 9.92. The van der Waals surface area contributed by atoms with Gasteiger partial charge in [0.05, 0.1) is 77.5 Å². The fraction of sp³-hybridized carbons (Fsp3) is 0.245. The number of rotatable bonds is 14. The Kier molecular flexibility index (Phi) is 11.8. The molecule has 0 aliphatic carbocycles. The Bertz CT molecular complexity index is 2690. The molecular weight excluding hydrogens is 885 g/mol. The number of carbonyl (C=O) groups is 4. The molecule has 4 saturated heterocycles. The zero-order valence-corrected chi connectivity index (χ0v) is 38.6. The average Bonchev–Trinajstić information content (AvgIpc) is 4.12. The predicted octanol–water partition coefficient (Wildman–Crippen LogP) is 7.43. The third kappa shape index (κ3) is 7.48. The second kappa shape index (κ2) is 18.2. The molecule has 0 spiro atoms. The van der Waals surface area contributed by atoms with Crippen molar-refractivity contribution in [2.24, 2.45) is 11.8 Å². The zero-order chi connectivity index (χ0) is 48.1. The monoisotopic (exact) mass is 932 g/mol. The van der Waals surface area contributed by atoms with Gasteiger partial charge in [-0.25, -0.2) is 19.9 Å². The largest absolute Gasteiger partial charge is 0.493 e. The summed E-state index contributed by atoms with van der Waals surface area (Å²) >= 11 is 0. The van der Waals surface area contributed by atoms with E-state index in [-0.39, 0.29) is 0 Å². The van der Waals surface area contributed by atoms with Crippen LogP contribution in [0.5, 0.6) is 34.5 Å². The first-order chi connectivity index (χ1) is 33.6. The van der Waals surface area contributed by atoms with E-state index in [2.05, 4.69) is 0 Å². The first kappa shape index (κ1) is 44.7. The Morgan fingerprint density at radius 1 is 0.406 bits per heavy atom. The van der Waals surface area contributed by atoms with E-state index >= 15 is 0 Å². The number of carbonyl (C=O) groups excluding carboxylic acids is 4. The van der Waals surface area contributed by atoms with Crippen LogP contribution in [-0.4, -0.2) is 78.5 Å². The number of methoxy groups -OCH3 is 6. The summed E-state index contributed by atoms with van der Waals surface area (Å²) < 4.78 is 33.7. The molecule has 4 amide bonds. The number of nitrogens with zero attached hydrogens (tertiary/aromatic N) is 4. The van der Waals surface area contributed by atoms with Gasteiger partial charge in [0.2, 0.25) is 23.3 Å². The molecule has 16 heteroatoms. The van der Waals surface area contributed by atoms with Crippen LogP contribution in [-0.2, 0) is 35.3 Å². The van der Waals surface area contributed by atoms with Crippen LogP contribution in [0, 0.1) is 11.8 Å². The van der Waals surface area contributed by atoms with Gasteiger partial charge in [-0.3, -0.25) is 28.9 Å². The number of benzene rings is 6. The highest BCUT2D eigenvalue weighted by Gasteiger charge is 2.62. The molecule has 4 heterocycles. The highest BCUT2D eigenvalue weighted by molar-refractivity contribution is 6.24. The standard InChI is InChI=1S/C53H48N4O12/c1-62-38-26-32(27-39(63-2)46(38)66-5)44-42-48(68-56(44)36-13-9-7-10-14-36)52(60)54(50(42)58)34-21-17-30(18-22-34)25-31-19-23-35(24-20-31)55-51(59)43-45(33-28-40(64-3)47(67-6)41(29-33)65-4)57(69-49(43)53(55)61)37-15-11-8-12-16-37/h7-24,26-29,42-45,48-49H,25H2,1-6H3/t42-,43+,44?,45?,48+,49-. The average molecular weight is 933 g/mol. The summed E-state index contributed by atoms with van der Waals surface area (Å²) in [7, 11) is 9.10. The van der Waals surface area contributed by atoms with Crippen LogP contribution in [0.15, 0.2) is 133 Å². The quantitative estimate of drug-likeness (QED) is 0.0995. The van der Waals surface area contributed by atoms with E-state index in [0.29, 0.717) is 74.8 Å². The van der Waals surface area contributed by atoms with Crippen molar-refractivity contribution in [2.45, 2.75) is 30.7 Å². The van der Waals surface area contributed by atoms with Crippen LogP contribution < -0.4 is 48.3 Å². The maximum absolute atomic E-state index is 14.5. The van der Waals surface area contributed by atoms with E-state index in [9.17, 15) is 19.2 Å². The van der Waals surface area contributed by atoms with Crippen molar-refractivity contribution in [1.29, 1.82) is 0 Å². The Hall–Kier alpha value is -8.08. The lowest BCUT2D eigenvalue weighted by molar-refractivity contribution is -0.127. The topological polar surface area (TPSA) is 155 Å². The highest BCUT2D eigenvalue weighted by atomic mass is 16.7. The van der Waals surface area contributed by atoms with Crippen molar-refractivity contribution in [3.8, 4) is 34.5 Å².